The molecule has 2 aromatic rings. The van der Waals surface area contributed by atoms with Crippen LogP contribution in [0.4, 0.5) is 5.82 Å². The van der Waals surface area contributed by atoms with E-state index in [4.69, 9.17) is 5.11 Å². The molecule has 0 bridgehead atoms. The van der Waals surface area contributed by atoms with E-state index in [1.54, 1.807) is 12.1 Å². The van der Waals surface area contributed by atoms with Gasteiger partial charge in [-0.05, 0) is 18.6 Å². The zero-order valence-corrected chi connectivity index (χ0v) is 10.5. The fourth-order valence-corrected chi connectivity index (χ4v) is 2.38. The summed E-state index contributed by atoms with van der Waals surface area (Å²) in [5, 5.41) is 18.7. The van der Waals surface area contributed by atoms with Crippen molar-refractivity contribution in [2.45, 2.75) is 12.5 Å². The lowest BCUT2D eigenvalue weighted by Gasteiger charge is -2.16. The largest absolute Gasteiger partial charge is 0.477 e. The Labute approximate surface area is 113 Å². The number of carbonyl (C=O) groups is 1. The van der Waals surface area contributed by atoms with Gasteiger partial charge in [0.1, 0.15) is 17.0 Å². The lowest BCUT2D eigenvalue weighted by Crippen LogP contribution is -2.23. The number of aromatic nitrogens is 2. The number of carboxylic acids is 1. The summed E-state index contributed by atoms with van der Waals surface area (Å²) in [6.07, 6.45) is 1.48. The minimum Gasteiger partial charge on any atom is -0.477 e. The highest BCUT2D eigenvalue weighted by molar-refractivity contribution is 5.91. The van der Waals surface area contributed by atoms with E-state index in [9.17, 15) is 14.7 Å². The Kier molecular flexibility index (Phi) is 2.90. The van der Waals surface area contributed by atoms with Gasteiger partial charge in [0.15, 0.2) is 0 Å². The molecule has 7 heteroatoms. The Hall–Kier alpha value is -2.41. The fraction of sp³-hybridized carbons (Fsp3) is 0.308. The summed E-state index contributed by atoms with van der Waals surface area (Å²) in [6, 6.07) is 3.23. The van der Waals surface area contributed by atoms with Crippen LogP contribution in [0.3, 0.4) is 0 Å². The average Bonchev–Trinajstić information content (AvgIpc) is 2.85. The second kappa shape index (κ2) is 4.61. The maximum Gasteiger partial charge on any atom is 0.341 e. The third kappa shape index (κ3) is 2.01. The monoisotopic (exact) mass is 275 g/mol. The fourth-order valence-electron chi connectivity index (χ4n) is 2.38. The number of rotatable bonds is 2. The van der Waals surface area contributed by atoms with Gasteiger partial charge in [0, 0.05) is 19.3 Å². The first kappa shape index (κ1) is 12.6. The molecule has 0 radical (unpaired) electrons. The molecule has 104 valence electrons. The third-order valence-corrected chi connectivity index (χ3v) is 3.44. The highest BCUT2D eigenvalue weighted by Gasteiger charge is 2.22. The van der Waals surface area contributed by atoms with E-state index >= 15 is 0 Å². The van der Waals surface area contributed by atoms with Crippen molar-refractivity contribution in [3.63, 3.8) is 0 Å². The van der Waals surface area contributed by atoms with Gasteiger partial charge in [-0.3, -0.25) is 4.79 Å². The average molecular weight is 275 g/mol. The Morgan fingerprint density at radius 3 is 2.90 bits per heavy atom. The molecule has 1 atom stereocenters. The van der Waals surface area contributed by atoms with Crippen molar-refractivity contribution in [3.8, 4) is 0 Å². The predicted octanol–water partition coefficient (Wildman–Crippen LogP) is 0.192. The number of β-amino-alcohol motifs (C(OH)–C–C–N with tert-alkyl or cyclic N) is 1. The Morgan fingerprint density at radius 2 is 2.25 bits per heavy atom. The molecule has 1 fully saturated rings. The number of hydrogen-bond acceptors (Lipinski definition) is 5. The van der Waals surface area contributed by atoms with E-state index in [1.807, 2.05) is 4.90 Å². The van der Waals surface area contributed by atoms with Crippen molar-refractivity contribution in [1.29, 1.82) is 0 Å². The molecule has 0 amide bonds. The molecule has 1 saturated heterocycles. The second-order valence-electron chi connectivity index (χ2n) is 4.79. The van der Waals surface area contributed by atoms with Gasteiger partial charge in [-0.2, -0.15) is 0 Å². The van der Waals surface area contributed by atoms with Crippen LogP contribution < -0.4 is 10.3 Å². The summed E-state index contributed by atoms with van der Waals surface area (Å²) in [7, 11) is 0. The zero-order chi connectivity index (χ0) is 14.3. The lowest BCUT2D eigenvalue weighted by molar-refractivity contribution is 0.0695. The number of aromatic carboxylic acids is 1. The number of aliphatic hydroxyl groups is 1. The van der Waals surface area contributed by atoms with Gasteiger partial charge in [0.25, 0.3) is 0 Å². The number of aromatic amines is 1. The first-order valence-electron chi connectivity index (χ1n) is 6.25. The van der Waals surface area contributed by atoms with E-state index in [1.165, 1.54) is 0 Å². The van der Waals surface area contributed by atoms with Gasteiger partial charge in [-0.1, -0.05) is 0 Å². The van der Waals surface area contributed by atoms with Crippen molar-refractivity contribution in [1.82, 2.24) is 9.97 Å². The predicted molar refractivity (Wildman–Crippen MR) is 72.2 cm³/mol. The summed E-state index contributed by atoms with van der Waals surface area (Å²) in [5.74, 6) is -0.604. The minimum absolute atomic E-state index is 0.244. The topological polar surface area (TPSA) is 107 Å². The van der Waals surface area contributed by atoms with Crippen LogP contribution in [0, 0.1) is 0 Å². The van der Waals surface area contributed by atoms with Crippen LogP contribution >= 0.6 is 0 Å². The maximum atomic E-state index is 12.0. The van der Waals surface area contributed by atoms with Crippen LogP contribution in [0.1, 0.15) is 16.8 Å². The smallest absolute Gasteiger partial charge is 0.341 e. The van der Waals surface area contributed by atoms with E-state index < -0.39 is 11.4 Å². The minimum atomic E-state index is -1.26. The number of nitrogens with one attached hydrogen (secondary N) is 1. The molecule has 2 aromatic heterocycles. The quantitative estimate of drug-likeness (QED) is 0.722. The molecular formula is C13H13N3O4. The molecule has 0 aromatic carbocycles. The van der Waals surface area contributed by atoms with Crippen molar-refractivity contribution in [2.75, 3.05) is 18.0 Å². The summed E-state index contributed by atoms with van der Waals surface area (Å²) < 4.78 is 0. The summed E-state index contributed by atoms with van der Waals surface area (Å²) in [5.41, 5.74) is -0.505. The van der Waals surface area contributed by atoms with Crippen molar-refractivity contribution >= 4 is 22.8 Å². The summed E-state index contributed by atoms with van der Waals surface area (Å²) in [4.78, 5) is 31.8. The van der Waals surface area contributed by atoms with E-state index in [0.29, 0.717) is 31.0 Å². The molecule has 0 saturated carbocycles. The summed E-state index contributed by atoms with van der Waals surface area (Å²) >= 11 is 0. The van der Waals surface area contributed by atoms with Gasteiger partial charge >= 0.3 is 5.97 Å². The molecule has 1 unspecified atom stereocenters. The van der Waals surface area contributed by atoms with Crippen LogP contribution in [-0.4, -0.2) is 45.3 Å². The number of pyridine rings is 2. The molecular weight excluding hydrogens is 262 g/mol. The van der Waals surface area contributed by atoms with Gasteiger partial charge in [0.05, 0.1) is 11.5 Å². The van der Waals surface area contributed by atoms with Gasteiger partial charge in [-0.25, -0.2) is 9.78 Å². The Bertz CT molecular complexity index is 740. The molecule has 7 nitrogen and oxygen atoms in total. The van der Waals surface area contributed by atoms with E-state index in [2.05, 4.69) is 9.97 Å². The number of anilines is 1. The highest BCUT2D eigenvalue weighted by atomic mass is 16.4. The number of hydrogen-bond donors (Lipinski definition) is 3. The van der Waals surface area contributed by atoms with Gasteiger partial charge in [0.2, 0.25) is 5.43 Å². The Morgan fingerprint density at radius 1 is 1.45 bits per heavy atom. The molecule has 1 aliphatic heterocycles. The molecule has 3 rings (SSSR count). The van der Waals surface area contributed by atoms with Gasteiger partial charge < -0.3 is 20.1 Å². The molecule has 0 aliphatic carbocycles. The summed E-state index contributed by atoms with van der Waals surface area (Å²) in [6.45, 7) is 1.22. The van der Waals surface area contributed by atoms with Crippen molar-refractivity contribution in [3.05, 3.63) is 34.1 Å². The van der Waals surface area contributed by atoms with Crippen LogP contribution in [0.25, 0.3) is 11.0 Å². The van der Waals surface area contributed by atoms with Crippen LogP contribution in [0.5, 0.6) is 0 Å². The number of carboxylic acid groups (broad SMARTS) is 1. The molecule has 20 heavy (non-hydrogen) atoms. The molecule has 0 spiro atoms. The maximum absolute atomic E-state index is 12.0. The van der Waals surface area contributed by atoms with Crippen LogP contribution in [0.2, 0.25) is 0 Å². The van der Waals surface area contributed by atoms with Crippen LogP contribution in [-0.2, 0) is 0 Å². The van der Waals surface area contributed by atoms with E-state index in [0.717, 1.165) is 6.20 Å². The Balaban J connectivity index is 2.07. The van der Waals surface area contributed by atoms with Crippen molar-refractivity contribution in [2.24, 2.45) is 0 Å². The number of H-pyrrole nitrogens is 1. The normalized spacial score (nSPS) is 18.6. The SMILES string of the molecule is O=C(O)c1c[nH]c2nc(N3CCC(O)C3)ccc2c1=O. The van der Waals surface area contributed by atoms with Crippen LogP contribution in [0.15, 0.2) is 23.1 Å². The third-order valence-electron chi connectivity index (χ3n) is 3.44. The lowest BCUT2D eigenvalue weighted by atomic mass is 10.2. The standard InChI is InChI=1S/C13H13N3O4/c17-7-3-4-16(6-7)10-2-1-8-11(18)9(13(19)20)5-14-12(8)15-10/h1-2,5,7,17H,3-4,6H2,(H,19,20)(H,14,15,18). The van der Waals surface area contributed by atoms with Crippen molar-refractivity contribution < 1.29 is 15.0 Å². The first-order chi connectivity index (χ1) is 9.56. The zero-order valence-electron chi connectivity index (χ0n) is 10.5. The number of nitrogens with zero attached hydrogens (tertiary/aromatic N) is 2. The highest BCUT2D eigenvalue weighted by Crippen LogP contribution is 2.19. The number of aliphatic hydroxyl groups excluding tert-OH is 1. The number of fused-ring (bicyclic) bond motifs is 1. The first-order valence-corrected chi connectivity index (χ1v) is 6.25. The van der Waals surface area contributed by atoms with Gasteiger partial charge in [-0.15, -0.1) is 0 Å². The molecule has 1 aliphatic rings. The second-order valence-corrected chi connectivity index (χ2v) is 4.79. The van der Waals surface area contributed by atoms with E-state index in [-0.39, 0.29) is 17.1 Å². The molecule has 3 heterocycles. The molecule has 3 N–H and O–H groups in total.